The largest absolute Gasteiger partial charge is 0.491 e. The highest BCUT2D eigenvalue weighted by molar-refractivity contribution is 5.70. The summed E-state index contributed by atoms with van der Waals surface area (Å²) < 4.78 is 5.99. The van der Waals surface area contributed by atoms with Crippen LogP contribution in [-0.4, -0.2) is 6.61 Å². The van der Waals surface area contributed by atoms with E-state index in [4.69, 9.17) is 16.2 Å². The summed E-state index contributed by atoms with van der Waals surface area (Å²) >= 11 is 0. The molecule has 3 nitrogen and oxygen atoms in total. The predicted molar refractivity (Wildman–Crippen MR) is 88.3 cm³/mol. The summed E-state index contributed by atoms with van der Waals surface area (Å²) in [4.78, 5) is 0. The van der Waals surface area contributed by atoms with Gasteiger partial charge in [0.15, 0.2) is 0 Å². The fourth-order valence-electron chi connectivity index (χ4n) is 2.46. The zero-order valence-electron chi connectivity index (χ0n) is 13.3. The first-order valence-corrected chi connectivity index (χ1v) is 7.98. The molecule has 0 aromatic heterocycles. The zero-order chi connectivity index (χ0) is 15.0. The van der Waals surface area contributed by atoms with Gasteiger partial charge in [0.1, 0.15) is 5.75 Å². The Morgan fingerprint density at radius 1 is 1.00 bits per heavy atom. The van der Waals surface area contributed by atoms with E-state index < -0.39 is 0 Å². The monoisotopic (exact) mass is 278 g/mol. The summed E-state index contributed by atoms with van der Waals surface area (Å²) in [6.07, 6.45) is 7.64. The highest BCUT2D eigenvalue weighted by Crippen LogP contribution is 2.36. The number of anilines is 2. The van der Waals surface area contributed by atoms with E-state index in [-0.39, 0.29) is 0 Å². The Morgan fingerprint density at radius 2 is 1.75 bits per heavy atom. The average Bonchev–Trinajstić information content (AvgIpc) is 2.45. The minimum Gasteiger partial charge on any atom is -0.491 e. The fraction of sp³-hybridized carbons (Fsp3) is 0.647. The standard InChI is InChI=1S/C17H30N2O/c1-4-7-8-9-11-20-17-14(10-5-2)15(18)12-13(6-3)16(17)19/h12H,4-11,18-19H2,1-3H3. The lowest BCUT2D eigenvalue weighted by molar-refractivity contribution is 0.303. The number of hydrogen-bond acceptors (Lipinski definition) is 3. The highest BCUT2D eigenvalue weighted by atomic mass is 16.5. The number of hydrogen-bond donors (Lipinski definition) is 2. The summed E-state index contributed by atoms with van der Waals surface area (Å²) in [5.41, 5.74) is 16.2. The van der Waals surface area contributed by atoms with E-state index in [1.54, 1.807) is 0 Å². The van der Waals surface area contributed by atoms with Crippen LogP contribution in [0.5, 0.6) is 5.75 Å². The Morgan fingerprint density at radius 3 is 2.35 bits per heavy atom. The number of unbranched alkanes of at least 4 members (excludes halogenated alkanes) is 3. The Kier molecular flexibility index (Phi) is 7.27. The van der Waals surface area contributed by atoms with Crippen molar-refractivity contribution in [1.29, 1.82) is 0 Å². The van der Waals surface area contributed by atoms with Crippen LogP contribution in [0.4, 0.5) is 11.4 Å². The van der Waals surface area contributed by atoms with Crippen LogP contribution >= 0.6 is 0 Å². The zero-order valence-corrected chi connectivity index (χ0v) is 13.3. The van der Waals surface area contributed by atoms with Crippen molar-refractivity contribution in [3.05, 3.63) is 17.2 Å². The average molecular weight is 278 g/mol. The molecule has 0 heterocycles. The predicted octanol–water partition coefficient (Wildman–Crippen LogP) is 4.33. The maximum Gasteiger partial charge on any atom is 0.147 e. The smallest absolute Gasteiger partial charge is 0.147 e. The van der Waals surface area contributed by atoms with Crippen LogP contribution in [0.3, 0.4) is 0 Å². The quantitative estimate of drug-likeness (QED) is 0.522. The summed E-state index contributed by atoms with van der Waals surface area (Å²) in [7, 11) is 0. The molecule has 0 saturated carbocycles. The van der Waals surface area contributed by atoms with Crippen LogP contribution in [0.15, 0.2) is 6.07 Å². The van der Waals surface area contributed by atoms with Gasteiger partial charge in [0.2, 0.25) is 0 Å². The van der Waals surface area contributed by atoms with Gasteiger partial charge in [-0.25, -0.2) is 0 Å². The molecule has 1 aromatic rings. The second-order valence-electron chi connectivity index (χ2n) is 5.36. The molecule has 0 amide bonds. The van der Waals surface area contributed by atoms with Crippen molar-refractivity contribution in [2.24, 2.45) is 0 Å². The summed E-state index contributed by atoms with van der Waals surface area (Å²) in [5.74, 6) is 0.834. The molecule has 0 aliphatic rings. The molecule has 1 rings (SSSR count). The van der Waals surface area contributed by atoms with Crippen LogP contribution in [0, 0.1) is 0 Å². The van der Waals surface area contributed by atoms with E-state index in [0.717, 1.165) is 60.5 Å². The maximum absolute atomic E-state index is 6.25. The molecule has 3 heteroatoms. The third-order valence-corrected chi connectivity index (χ3v) is 3.67. The van der Waals surface area contributed by atoms with E-state index in [1.807, 2.05) is 6.07 Å². The molecule has 0 bridgehead atoms. The van der Waals surface area contributed by atoms with Crippen molar-refractivity contribution in [3.8, 4) is 5.75 Å². The molecule has 0 aliphatic carbocycles. The SMILES string of the molecule is CCCCCCOc1c(N)c(CC)cc(N)c1CCC. The molecular weight excluding hydrogens is 248 g/mol. The Bertz CT molecular complexity index is 416. The first-order valence-electron chi connectivity index (χ1n) is 7.98. The van der Waals surface area contributed by atoms with Crippen LogP contribution < -0.4 is 16.2 Å². The number of rotatable bonds is 9. The molecule has 4 N–H and O–H groups in total. The van der Waals surface area contributed by atoms with Gasteiger partial charge in [-0.15, -0.1) is 0 Å². The van der Waals surface area contributed by atoms with Crippen LogP contribution in [0.1, 0.15) is 64.0 Å². The van der Waals surface area contributed by atoms with Gasteiger partial charge >= 0.3 is 0 Å². The lowest BCUT2D eigenvalue weighted by Gasteiger charge is -2.18. The van der Waals surface area contributed by atoms with Crippen LogP contribution in [0.2, 0.25) is 0 Å². The molecule has 0 fully saturated rings. The van der Waals surface area contributed by atoms with E-state index >= 15 is 0 Å². The van der Waals surface area contributed by atoms with Gasteiger partial charge in [0.05, 0.1) is 12.3 Å². The van der Waals surface area contributed by atoms with Gasteiger partial charge in [-0.3, -0.25) is 0 Å². The highest BCUT2D eigenvalue weighted by Gasteiger charge is 2.14. The molecular formula is C17H30N2O. The molecule has 20 heavy (non-hydrogen) atoms. The summed E-state index contributed by atoms with van der Waals surface area (Å²) in [6.45, 7) is 7.18. The van der Waals surface area contributed by atoms with Gasteiger partial charge in [-0.1, -0.05) is 46.5 Å². The molecule has 0 aliphatic heterocycles. The van der Waals surface area contributed by atoms with Crippen molar-refractivity contribution in [2.45, 2.75) is 65.7 Å². The molecule has 0 unspecified atom stereocenters. The number of ether oxygens (including phenoxy) is 1. The van der Waals surface area contributed by atoms with E-state index in [9.17, 15) is 0 Å². The van der Waals surface area contributed by atoms with E-state index in [1.165, 1.54) is 19.3 Å². The number of aryl methyl sites for hydroxylation is 1. The minimum absolute atomic E-state index is 0.730. The molecule has 0 atom stereocenters. The van der Waals surface area contributed by atoms with Gasteiger partial charge in [-0.05, 0) is 30.9 Å². The lowest BCUT2D eigenvalue weighted by Crippen LogP contribution is -2.08. The number of nitrogen functional groups attached to an aromatic ring is 2. The molecule has 114 valence electrons. The van der Waals surface area contributed by atoms with Crippen molar-refractivity contribution in [3.63, 3.8) is 0 Å². The molecule has 1 aromatic carbocycles. The van der Waals surface area contributed by atoms with Crippen LogP contribution in [-0.2, 0) is 12.8 Å². The normalized spacial score (nSPS) is 10.8. The first kappa shape index (κ1) is 16.7. The molecule has 0 radical (unpaired) electrons. The van der Waals surface area contributed by atoms with Crippen molar-refractivity contribution < 1.29 is 4.74 Å². The van der Waals surface area contributed by atoms with E-state index in [2.05, 4.69) is 20.8 Å². The fourth-order valence-corrected chi connectivity index (χ4v) is 2.46. The number of nitrogens with two attached hydrogens (primary N) is 2. The van der Waals surface area contributed by atoms with Gasteiger partial charge in [0.25, 0.3) is 0 Å². The second-order valence-corrected chi connectivity index (χ2v) is 5.36. The Balaban J connectivity index is 2.86. The summed E-state index contributed by atoms with van der Waals surface area (Å²) in [6, 6.07) is 2.00. The third-order valence-electron chi connectivity index (χ3n) is 3.67. The maximum atomic E-state index is 6.25. The minimum atomic E-state index is 0.730. The summed E-state index contributed by atoms with van der Waals surface area (Å²) in [5, 5.41) is 0. The number of benzene rings is 1. The second kappa shape index (κ2) is 8.72. The van der Waals surface area contributed by atoms with Crippen molar-refractivity contribution in [2.75, 3.05) is 18.1 Å². The lowest BCUT2D eigenvalue weighted by atomic mass is 10.00. The van der Waals surface area contributed by atoms with Crippen molar-refractivity contribution >= 4 is 11.4 Å². The third kappa shape index (κ3) is 4.32. The Labute approximate surface area is 123 Å². The van der Waals surface area contributed by atoms with Gasteiger partial charge in [0, 0.05) is 11.3 Å². The Hall–Kier alpha value is -1.38. The van der Waals surface area contributed by atoms with E-state index in [0.29, 0.717) is 0 Å². The topological polar surface area (TPSA) is 61.3 Å². The first-order chi connectivity index (χ1) is 9.65. The van der Waals surface area contributed by atoms with Crippen molar-refractivity contribution in [1.82, 2.24) is 0 Å². The van der Waals surface area contributed by atoms with Crippen LogP contribution in [0.25, 0.3) is 0 Å². The van der Waals surface area contributed by atoms with Gasteiger partial charge < -0.3 is 16.2 Å². The molecule has 0 spiro atoms. The van der Waals surface area contributed by atoms with Gasteiger partial charge in [-0.2, -0.15) is 0 Å². The molecule has 0 saturated heterocycles.